The van der Waals surface area contributed by atoms with Crippen molar-refractivity contribution in [3.05, 3.63) is 120 Å². The average Bonchev–Trinajstić information content (AvgIpc) is 2.97. The standard InChI is InChI=1S/C34H34O6S/c1-25(35)37-31-19-11-9-17-29(31)33(39-27-13-5-3-6-14-27)21-23-41-24-22-34(40-28-15-7-4-8-16-28)30-18-10-12-20-32(30)38-26(2)36/h3-20,33-34H,21-24H2,1-2H3. The lowest BCUT2D eigenvalue weighted by molar-refractivity contribution is -0.132. The van der Waals surface area contributed by atoms with Crippen molar-refractivity contribution in [2.24, 2.45) is 0 Å². The minimum atomic E-state index is -0.372. The van der Waals surface area contributed by atoms with Crippen LogP contribution in [0, 0.1) is 0 Å². The highest BCUT2D eigenvalue weighted by Gasteiger charge is 2.21. The van der Waals surface area contributed by atoms with Crippen LogP contribution >= 0.6 is 11.8 Å². The summed E-state index contributed by atoms with van der Waals surface area (Å²) in [6.07, 6.45) is 0.793. The second-order valence-electron chi connectivity index (χ2n) is 9.29. The highest BCUT2D eigenvalue weighted by Crippen LogP contribution is 2.35. The normalized spacial score (nSPS) is 12.1. The van der Waals surface area contributed by atoms with Gasteiger partial charge in [0.05, 0.1) is 0 Å². The number of thioether (sulfide) groups is 1. The summed E-state index contributed by atoms with van der Waals surface area (Å²) >= 11 is 1.78. The maximum Gasteiger partial charge on any atom is 0.308 e. The first kappa shape index (κ1) is 29.7. The molecule has 4 rings (SSSR count). The maximum atomic E-state index is 11.7. The largest absolute Gasteiger partial charge is 0.486 e. The minimum Gasteiger partial charge on any atom is -0.486 e. The smallest absolute Gasteiger partial charge is 0.308 e. The molecule has 0 fully saturated rings. The van der Waals surface area contributed by atoms with Crippen molar-refractivity contribution in [1.29, 1.82) is 0 Å². The molecule has 0 spiro atoms. The Morgan fingerprint density at radius 1 is 0.561 bits per heavy atom. The lowest BCUT2D eigenvalue weighted by atomic mass is 10.1. The highest BCUT2D eigenvalue weighted by molar-refractivity contribution is 7.99. The summed E-state index contributed by atoms with van der Waals surface area (Å²) in [7, 11) is 0. The molecule has 0 heterocycles. The summed E-state index contributed by atoms with van der Waals surface area (Å²) < 4.78 is 23.7. The highest BCUT2D eigenvalue weighted by atomic mass is 32.2. The predicted molar refractivity (Wildman–Crippen MR) is 162 cm³/mol. The van der Waals surface area contributed by atoms with Crippen LogP contribution in [0.15, 0.2) is 109 Å². The van der Waals surface area contributed by atoms with Gasteiger partial charge in [-0.2, -0.15) is 11.8 Å². The third-order valence-corrected chi connectivity index (χ3v) is 7.18. The maximum absolute atomic E-state index is 11.7. The van der Waals surface area contributed by atoms with E-state index in [2.05, 4.69) is 0 Å². The summed E-state index contributed by atoms with van der Waals surface area (Å²) in [4.78, 5) is 23.5. The van der Waals surface area contributed by atoms with Crippen LogP contribution in [-0.2, 0) is 9.59 Å². The molecule has 0 saturated heterocycles. The van der Waals surface area contributed by atoms with E-state index in [1.807, 2.05) is 97.1 Å². The molecule has 212 valence electrons. The lowest BCUT2D eigenvalue weighted by Gasteiger charge is -2.23. The molecule has 4 aromatic rings. The van der Waals surface area contributed by atoms with E-state index in [1.54, 1.807) is 23.9 Å². The van der Waals surface area contributed by atoms with E-state index >= 15 is 0 Å². The Bertz CT molecular complexity index is 1290. The molecule has 0 aliphatic rings. The van der Waals surface area contributed by atoms with Crippen LogP contribution in [-0.4, -0.2) is 23.4 Å². The van der Waals surface area contributed by atoms with Crippen LogP contribution in [0.25, 0.3) is 0 Å². The molecular weight excluding hydrogens is 536 g/mol. The molecule has 2 unspecified atom stereocenters. The van der Waals surface area contributed by atoms with Crippen molar-refractivity contribution in [3.8, 4) is 23.0 Å². The molecule has 4 aromatic carbocycles. The van der Waals surface area contributed by atoms with Crippen LogP contribution in [0.3, 0.4) is 0 Å². The third-order valence-electron chi connectivity index (χ3n) is 6.13. The number of esters is 2. The van der Waals surface area contributed by atoms with E-state index in [-0.39, 0.29) is 24.1 Å². The molecule has 0 N–H and O–H groups in total. The number of para-hydroxylation sites is 4. The van der Waals surface area contributed by atoms with Gasteiger partial charge in [-0.05, 0) is 60.7 Å². The molecule has 41 heavy (non-hydrogen) atoms. The summed E-state index contributed by atoms with van der Waals surface area (Å²) in [5, 5.41) is 0. The van der Waals surface area contributed by atoms with Crippen LogP contribution in [0.1, 0.15) is 50.0 Å². The van der Waals surface area contributed by atoms with Crippen LogP contribution in [0.5, 0.6) is 23.0 Å². The molecule has 0 aliphatic heterocycles. The number of hydrogen-bond acceptors (Lipinski definition) is 7. The fourth-order valence-corrected chi connectivity index (χ4v) is 5.32. The zero-order chi connectivity index (χ0) is 28.9. The number of ether oxygens (including phenoxy) is 4. The SMILES string of the molecule is CC(=O)Oc1ccccc1C(CCSCCC(Oc1ccccc1)c1ccccc1OC(C)=O)Oc1ccccc1. The molecular formula is C34H34O6S. The second kappa shape index (κ2) is 15.5. The van der Waals surface area contributed by atoms with Gasteiger partial charge in [-0.25, -0.2) is 0 Å². The Morgan fingerprint density at radius 3 is 1.32 bits per heavy atom. The molecule has 6 nitrogen and oxygen atoms in total. The van der Waals surface area contributed by atoms with Crippen molar-refractivity contribution in [3.63, 3.8) is 0 Å². The van der Waals surface area contributed by atoms with Gasteiger partial charge in [-0.1, -0.05) is 72.8 Å². The fraction of sp³-hybridized carbons (Fsp3) is 0.235. The quantitative estimate of drug-likeness (QED) is 0.0864. The second-order valence-corrected chi connectivity index (χ2v) is 10.5. The topological polar surface area (TPSA) is 71.1 Å². The zero-order valence-corrected chi connectivity index (χ0v) is 24.0. The van der Waals surface area contributed by atoms with Gasteiger partial charge in [0.1, 0.15) is 35.2 Å². The molecule has 0 aromatic heterocycles. The van der Waals surface area contributed by atoms with Gasteiger partial charge >= 0.3 is 11.9 Å². The first-order valence-corrected chi connectivity index (χ1v) is 14.7. The van der Waals surface area contributed by atoms with Gasteiger partial charge in [-0.15, -0.1) is 0 Å². The summed E-state index contributed by atoms with van der Waals surface area (Å²) in [6, 6.07) is 34.3. The number of benzene rings is 4. The van der Waals surface area contributed by atoms with Gasteiger partial charge < -0.3 is 18.9 Å². The van der Waals surface area contributed by atoms with Crippen molar-refractivity contribution in [2.75, 3.05) is 11.5 Å². The zero-order valence-electron chi connectivity index (χ0n) is 23.2. The summed E-state index contributed by atoms with van der Waals surface area (Å²) in [5.74, 6) is 3.36. The molecule has 0 bridgehead atoms. The van der Waals surface area contributed by atoms with Gasteiger partial charge in [0.2, 0.25) is 0 Å². The van der Waals surface area contributed by atoms with Crippen LogP contribution in [0.4, 0.5) is 0 Å². The Labute approximate surface area is 245 Å². The van der Waals surface area contributed by atoms with Crippen LogP contribution < -0.4 is 18.9 Å². The van der Waals surface area contributed by atoms with E-state index < -0.39 is 0 Å². The number of carbonyl (C=O) groups is 2. The Balaban J connectivity index is 1.44. The van der Waals surface area contributed by atoms with E-state index in [0.717, 1.165) is 34.1 Å². The van der Waals surface area contributed by atoms with Gasteiger partial charge in [0.25, 0.3) is 0 Å². The first-order chi connectivity index (χ1) is 20.0. The fourth-order valence-electron chi connectivity index (χ4n) is 4.35. The number of rotatable bonds is 14. The predicted octanol–water partition coefficient (Wildman–Crippen LogP) is 7.99. The molecule has 0 radical (unpaired) electrons. The van der Waals surface area contributed by atoms with E-state index in [1.165, 1.54) is 13.8 Å². The molecule has 2 atom stereocenters. The summed E-state index contributed by atoms with van der Waals surface area (Å²) in [5.41, 5.74) is 1.65. The Hall–Kier alpha value is -4.23. The molecule has 0 amide bonds. The van der Waals surface area contributed by atoms with Crippen molar-refractivity contribution in [1.82, 2.24) is 0 Å². The van der Waals surface area contributed by atoms with Crippen molar-refractivity contribution < 1.29 is 28.5 Å². The van der Waals surface area contributed by atoms with Gasteiger partial charge in [0, 0.05) is 25.0 Å². The molecule has 7 heteroatoms. The number of hydrogen-bond donors (Lipinski definition) is 0. The Morgan fingerprint density at radius 2 is 0.927 bits per heavy atom. The molecule has 0 saturated carbocycles. The van der Waals surface area contributed by atoms with Crippen molar-refractivity contribution in [2.45, 2.75) is 38.9 Å². The monoisotopic (exact) mass is 570 g/mol. The Kier molecular flexibility index (Phi) is 11.3. The van der Waals surface area contributed by atoms with E-state index in [0.29, 0.717) is 24.3 Å². The lowest BCUT2D eigenvalue weighted by Crippen LogP contribution is -2.14. The third kappa shape index (κ3) is 9.43. The minimum absolute atomic E-state index is 0.304. The van der Waals surface area contributed by atoms with Gasteiger partial charge in [0.15, 0.2) is 0 Å². The van der Waals surface area contributed by atoms with E-state index in [4.69, 9.17) is 18.9 Å². The van der Waals surface area contributed by atoms with E-state index in [9.17, 15) is 9.59 Å². The van der Waals surface area contributed by atoms with Crippen molar-refractivity contribution >= 4 is 23.7 Å². The van der Waals surface area contributed by atoms with Gasteiger partial charge in [-0.3, -0.25) is 9.59 Å². The summed E-state index contributed by atoms with van der Waals surface area (Å²) in [6.45, 7) is 2.79. The molecule has 0 aliphatic carbocycles. The number of carbonyl (C=O) groups excluding carboxylic acids is 2. The van der Waals surface area contributed by atoms with Crippen LogP contribution in [0.2, 0.25) is 0 Å². The average molecular weight is 571 g/mol. The first-order valence-electron chi connectivity index (χ1n) is 13.6.